The zero-order chi connectivity index (χ0) is 21.4. The maximum absolute atomic E-state index is 13.3. The predicted octanol–water partition coefficient (Wildman–Crippen LogP) is 3.92. The quantitative estimate of drug-likeness (QED) is 0.690. The fourth-order valence-corrected chi connectivity index (χ4v) is 4.64. The molecule has 3 aromatic heterocycles. The number of aromatic nitrogens is 3. The highest BCUT2D eigenvalue weighted by molar-refractivity contribution is 7.12. The smallest absolute Gasteiger partial charge is 0.264 e. The number of fused-ring (bicyclic) bond motifs is 1. The number of thiophene rings is 1. The van der Waals surface area contributed by atoms with Crippen LogP contribution in [0.25, 0.3) is 0 Å². The summed E-state index contributed by atoms with van der Waals surface area (Å²) in [6.45, 7) is 8.70. The minimum absolute atomic E-state index is 0.0581. The van der Waals surface area contributed by atoms with E-state index in [2.05, 4.69) is 29.2 Å². The molecule has 0 saturated heterocycles. The Bertz CT molecular complexity index is 1090. The molecule has 4 heterocycles. The molecule has 3 aromatic rings. The van der Waals surface area contributed by atoms with Crippen molar-refractivity contribution >= 4 is 28.8 Å². The molecule has 156 valence electrons. The predicted molar refractivity (Wildman–Crippen MR) is 117 cm³/mol. The van der Waals surface area contributed by atoms with Crippen LogP contribution in [0.5, 0.6) is 0 Å². The van der Waals surface area contributed by atoms with Gasteiger partial charge in [0.25, 0.3) is 5.91 Å². The Morgan fingerprint density at radius 3 is 2.70 bits per heavy atom. The number of anilines is 1. The van der Waals surface area contributed by atoms with Crippen LogP contribution >= 0.6 is 11.3 Å². The molecular weight excluding hydrogens is 398 g/mol. The van der Waals surface area contributed by atoms with Gasteiger partial charge in [-0.1, -0.05) is 12.1 Å². The molecule has 1 aliphatic heterocycles. The second kappa shape index (κ2) is 8.02. The summed E-state index contributed by atoms with van der Waals surface area (Å²) in [5, 5.41) is 9.50. The zero-order valence-electron chi connectivity index (χ0n) is 17.5. The first kappa shape index (κ1) is 20.3. The molecule has 0 radical (unpaired) electrons. The van der Waals surface area contributed by atoms with Gasteiger partial charge in [0.1, 0.15) is 0 Å². The standard InChI is InChI=1S/C22H25N5O2S/c1-13(2)27-15(4)19(14(3)25-27)24-21(28)17-12-26(22(29)18-8-6-10-30-18)11-16-7-5-9-23-20(16)17/h5-10,13,17H,11-12H2,1-4H3,(H,24,28). The van der Waals surface area contributed by atoms with Crippen LogP contribution < -0.4 is 5.32 Å². The number of carbonyl (C=O) groups is 2. The van der Waals surface area contributed by atoms with E-state index in [1.165, 1.54) is 11.3 Å². The lowest BCUT2D eigenvalue weighted by Gasteiger charge is -2.33. The SMILES string of the molecule is Cc1nn(C(C)C)c(C)c1NC(=O)C1CN(C(=O)c2cccs2)Cc2cccnc21. The van der Waals surface area contributed by atoms with E-state index in [0.717, 1.165) is 28.3 Å². The summed E-state index contributed by atoms with van der Waals surface area (Å²) in [5.41, 5.74) is 4.06. The Kier molecular flexibility index (Phi) is 5.42. The average molecular weight is 424 g/mol. The lowest BCUT2D eigenvalue weighted by atomic mass is 9.93. The van der Waals surface area contributed by atoms with E-state index in [-0.39, 0.29) is 17.9 Å². The first-order chi connectivity index (χ1) is 14.4. The van der Waals surface area contributed by atoms with E-state index in [9.17, 15) is 9.59 Å². The summed E-state index contributed by atoms with van der Waals surface area (Å²) in [6.07, 6.45) is 1.70. The Hall–Kier alpha value is -3.00. The maximum atomic E-state index is 13.3. The molecule has 1 unspecified atom stereocenters. The van der Waals surface area contributed by atoms with Crippen molar-refractivity contribution < 1.29 is 9.59 Å². The lowest BCUT2D eigenvalue weighted by molar-refractivity contribution is -0.118. The van der Waals surface area contributed by atoms with E-state index in [1.54, 1.807) is 11.1 Å². The number of pyridine rings is 1. The van der Waals surface area contributed by atoms with Crippen LogP contribution in [0.15, 0.2) is 35.8 Å². The summed E-state index contributed by atoms with van der Waals surface area (Å²) >= 11 is 1.41. The number of nitrogens with zero attached hydrogens (tertiary/aromatic N) is 4. The molecular formula is C22H25N5O2S. The highest BCUT2D eigenvalue weighted by Gasteiger charge is 2.35. The minimum Gasteiger partial charge on any atom is -0.332 e. The van der Waals surface area contributed by atoms with Crippen molar-refractivity contribution in [1.29, 1.82) is 0 Å². The molecule has 0 aromatic carbocycles. The molecule has 0 spiro atoms. The van der Waals surface area contributed by atoms with Gasteiger partial charge in [0.15, 0.2) is 0 Å². The minimum atomic E-state index is -0.542. The third-order valence-electron chi connectivity index (χ3n) is 5.42. The summed E-state index contributed by atoms with van der Waals surface area (Å²) in [4.78, 5) is 33.2. The maximum Gasteiger partial charge on any atom is 0.264 e. The Balaban J connectivity index is 1.64. The van der Waals surface area contributed by atoms with Crippen molar-refractivity contribution in [2.45, 2.75) is 46.2 Å². The second-order valence-electron chi connectivity index (χ2n) is 7.84. The van der Waals surface area contributed by atoms with Crippen molar-refractivity contribution in [1.82, 2.24) is 19.7 Å². The average Bonchev–Trinajstić information content (AvgIpc) is 3.36. The van der Waals surface area contributed by atoms with Gasteiger partial charge in [-0.25, -0.2) is 0 Å². The molecule has 0 fully saturated rings. The monoisotopic (exact) mass is 423 g/mol. The number of hydrogen-bond acceptors (Lipinski definition) is 5. The molecule has 1 N–H and O–H groups in total. The summed E-state index contributed by atoms with van der Waals surface area (Å²) in [7, 11) is 0. The largest absolute Gasteiger partial charge is 0.332 e. The number of rotatable bonds is 4. The molecule has 1 aliphatic rings. The fraction of sp³-hybridized carbons (Fsp3) is 0.364. The Labute approximate surface area is 179 Å². The van der Waals surface area contributed by atoms with Crippen LogP contribution in [-0.2, 0) is 11.3 Å². The Morgan fingerprint density at radius 2 is 2.03 bits per heavy atom. The van der Waals surface area contributed by atoms with Gasteiger partial charge in [0, 0.05) is 25.3 Å². The van der Waals surface area contributed by atoms with Crippen molar-refractivity contribution in [2.75, 3.05) is 11.9 Å². The first-order valence-electron chi connectivity index (χ1n) is 10.00. The molecule has 0 aliphatic carbocycles. The molecule has 1 atom stereocenters. The van der Waals surface area contributed by atoms with Crippen LogP contribution in [0.1, 0.15) is 58.1 Å². The summed E-state index contributed by atoms with van der Waals surface area (Å²) < 4.78 is 1.91. The molecule has 0 saturated carbocycles. The molecule has 30 heavy (non-hydrogen) atoms. The van der Waals surface area contributed by atoms with Gasteiger partial charge in [-0.3, -0.25) is 19.3 Å². The van der Waals surface area contributed by atoms with Crippen LogP contribution in [0.2, 0.25) is 0 Å². The van der Waals surface area contributed by atoms with E-state index in [0.29, 0.717) is 18.0 Å². The highest BCUT2D eigenvalue weighted by atomic mass is 32.1. The highest BCUT2D eigenvalue weighted by Crippen LogP contribution is 2.31. The van der Waals surface area contributed by atoms with Crippen molar-refractivity contribution in [2.24, 2.45) is 0 Å². The van der Waals surface area contributed by atoms with Crippen molar-refractivity contribution in [3.8, 4) is 0 Å². The number of hydrogen-bond donors (Lipinski definition) is 1. The molecule has 8 heteroatoms. The van der Waals surface area contributed by atoms with Gasteiger partial charge in [0.2, 0.25) is 5.91 Å². The topological polar surface area (TPSA) is 80.1 Å². The molecule has 7 nitrogen and oxygen atoms in total. The van der Waals surface area contributed by atoms with E-state index in [4.69, 9.17) is 0 Å². The second-order valence-corrected chi connectivity index (χ2v) is 8.78. The van der Waals surface area contributed by atoms with Crippen LogP contribution in [-0.4, -0.2) is 38.0 Å². The number of amides is 2. The van der Waals surface area contributed by atoms with Gasteiger partial charge in [0.05, 0.1) is 33.6 Å². The molecule has 2 amide bonds. The first-order valence-corrected chi connectivity index (χ1v) is 10.9. The molecule has 0 bridgehead atoms. The van der Waals surface area contributed by atoms with Gasteiger partial charge >= 0.3 is 0 Å². The number of carbonyl (C=O) groups excluding carboxylic acids is 2. The van der Waals surface area contributed by atoms with Gasteiger partial charge in [-0.05, 0) is 50.8 Å². The fourth-order valence-electron chi connectivity index (χ4n) is 3.95. The van der Waals surface area contributed by atoms with Crippen molar-refractivity contribution in [3.63, 3.8) is 0 Å². The number of aryl methyl sites for hydroxylation is 1. The summed E-state index contributed by atoms with van der Waals surface area (Å²) in [6, 6.07) is 7.65. The number of nitrogens with one attached hydrogen (secondary N) is 1. The van der Waals surface area contributed by atoms with Crippen LogP contribution in [0.3, 0.4) is 0 Å². The normalized spacial score (nSPS) is 15.9. The zero-order valence-corrected chi connectivity index (χ0v) is 18.4. The van der Waals surface area contributed by atoms with E-state index in [1.807, 2.05) is 48.2 Å². The van der Waals surface area contributed by atoms with Crippen molar-refractivity contribution in [3.05, 3.63) is 63.4 Å². The van der Waals surface area contributed by atoms with Crippen LogP contribution in [0, 0.1) is 13.8 Å². The van der Waals surface area contributed by atoms with Gasteiger partial charge in [-0.15, -0.1) is 11.3 Å². The summed E-state index contributed by atoms with van der Waals surface area (Å²) in [5.74, 6) is -0.773. The third-order valence-corrected chi connectivity index (χ3v) is 6.28. The van der Waals surface area contributed by atoms with E-state index < -0.39 is 5.92 Å². The third kappa shape index (κ3) is 3.63. The Morgan fingerprint density at radius 1 is 1.23 bits per heavy atom. The van der Waals surface area contributed by atoms with Gasteiger partial charge < -0.3 is 10.2 Å². The van der Waals surface area contributed by atoms with E-state index >= 15 is 0 Å². The van der Waals surface area contributed by atoms with Gasteiger partial charge in [-0.2, -0.15) is 5.10 Å². The van der Waals surface area contributed by atoms with Crippen LogP contribution in [0.4, 0.5) is 5.69 Å². The molecule has 4 rings (SSSR count). The lowest BCUT2D eigenvalue weighted by Crippen LogP contribution is -2.42.